The van der Waals surface area contributed by atoms with Gasteiger partial charge in [0, 0.05) is 30.2 Å². The van der Waals surface area contributed by atoms with E-state index in [1.807, 2.05) is 12.2 Å². The molecule has 132 valence electrons. The number of aliphatic hydroxyl groups excluding tert-OH is 1. The van der Waals surface area contributed by atoms with Crippen molar-refractivity contribution in [1.29, 1.82) is 0 Å². The number of hydrogen-bond acceptors (Lipinski definition) is 5. The number of likely N-dealkylation sites (N-methyl/N-ethyl adjacent to an activating group) is 1. The summed E-state index contributed by atoms with van der Waals surface area (Å²) in [6.45, 7) is 0.741. The van der Waals surface area contributed by atoms with Crippen LogP contribution in [0, 0.1) is 0 Å². The van der Waals surface area contributed by atoms with Gasteiger partial charge in [-0.1, -0.05) is 29.3 Å². The fourth-order valence-electron chi connectivity index (χ4n) is 2.73. The summed E-state index contributed by atoms with van der Waals surface area (Å²) in [5.41, 5.74) is 1.73. The molecule has 1 aromatic rings. The zero-order valence-corrected chi connectivity index (χ0v) is 14.9. The maximum Gasteiger partial charge on any atom is 0.414 e. The van der Waals surface area contributed by atoms with Gasteiger partial charge in [-0.2, -0.15) is 0 Å². The number of hydrogen-bond donors (Lipinski definition) is 3. The van der Waals surface area contributed by atoms with Gasteiger partial charge in [-0.3, -0.25) is 0 Å². The van der Waals surface area contributed by atoms with Crippen LogP contribution < -0.4 is 10.6 Å². The van der Waals surface area contributed by atoms with Crippen molar-refractivity contribution in [3.63, 3.8) is 0 Å². The monoisotopic (exact) mass is 381 g/mol. The van der Waals surface area contributed by atoms with E-state index in [1.54, 1.807) is 36.3 Å². The standard InChI is InChI=1S/C17H17Cl2N3O3/c1-22-9-11-3-2-4-20-14(11)15(23)16(22)25-17(24)21-8-10-5-12(18)7-13(19)6-10/h2-7,14,20,23H,8-9H2,1H3,(H,21,24). The van der Waals surface area contributed by atoms with E-state index >= 15 is 0 Å². The Morgan fingerprint density at radius 3 is 2.84 bits per heavy atom. The molecule has 0 saturated carbocycles. The summed E-state index contributed by atoms with van der Waals surface area (Å²) in [5.74, 6) is 0.0804. The first-order chi connectivity index (χ1) is 11.9. The Labute approximate surface area is 155 Å². The molecule has 0 fully saturated rings. The largest absolute Gasteiger partial charge is 0.505 e. The topological polar surface area (TPSA) is 73.8 Å². The zero-order chi connectivity index (χ0) is 18.0. The molecule has 2 aliphatic rings. The van der Waals surface area contributed by atoms with Crippen LogP contribution in [0.2, 0.25) is 10.0 Å². The predicted octanol–water partition coefficient (Wildman–Crippen LogP) is 3.30. The lowest BCUT2D eigenvalue weighted by atomic mass is 9.99. The Bertz CT molecular complexity index is 769. The summed E-state index contributed by atoms with van der Waals surface area (Å²) in [6, 6.07) is 4.64. The molecule has 0 aliphatic carbocycles. The number of rotatable bonds is 3. The second kappa shape index (κ2) is 7.29. The highest BCUT2D eigenvalue weighted by Gasteiger charge is 2.32. The lowest BCUT2D eigenvalue weighted by molar-refractivity contribution is 0.120. The molecule has 1 aromatic carbocycles. The molecule has 2 aliphatic heterocycles. The van der Waals surface area contributed by atoms with Gasteiger partial charge in [0.25, 0.3) is 0 Å². The predicted molar refractivity (Wildman–Crippen MR) is 96.2 cm³/mol. The van der Waals surface area contributed by atoms with Crippen molar-refractivity contribution in [2.45, 2.75) is 12.6 Å². The van der Waals surface area contributed by atoms with Crippen LogP contribution in [0.5, 0.6) is 0 Å². The third-order valence-electron chi connectivity index (χ3n) is 3.85. The summed E-state index contributed by atoms with van der Waals surface area (Å²) in [7, 11) is 1.74. The summed E-state index contributed by atoms with van der Waals surface area (Å²) in [5, 5.41) is 17.0. The summed E-state index contributed by atoms with van der Waals surface area (Å²) in [6.07, 6.45) is 4.84. The van der Waals surface area contributed by atoms with Crippen molar-refractivity contribution in [3.05, 3.63) is 69.4 Å². The van der Waals surface area contributed by atoms with Crippen LogP contribution in [-0.2, 0) is 11.3 Å². The molecule has 1 atom stereocenters. The summed E-state index contributed by atoms with van der Waals surface area (Å²) >= 11 is 11.9. The highest BCUT2D eigenvalue weighted by molar-refractivity contribution is 6.34. The molecule has 6 nitrogen and oxygen atoms in total. The van der Waals surface area contributed by atoms with Crippen molar-refractivity contribution in [2.24, 2.45) is 0 Å². The number of nitrogens with zero attached hydrogens (tertiary/aromatic N) is 1. The number of aliphatic hydroxyl groups is 1. The lowest BCUT2D eigenvalue weighted by Gasteiger charge is -2.34. The van der Waals surface area contributed by atoms with Crippen molar-refractivity contribution >= 4 is 29.3 Å². The molecular weight excluding hydrogens is 365 g/mol. The maximum atomic E-state index is 12.1. The van der Waals surface area contributed by atoms with Crippen LogP contribution in [0.25, 0.3) is 0 Å². The van der Waals surface area contributed by atoms with Gasteiger partial charge < -0.3 is 25.4 Å². The molecule has 0 saturated heterocycles. The van der Waals surface area contributed by atoms with E-state index in [1.165, 1.54) is 0 Å². The van der Waals surface area contributed by atoms with E-state index in [-0.39, 0.29) is 24.2 Å². The highest BCUT2D eigenvalue weighted by atomic mass is 35.5. The smallest absolute Gasteiger partial charge is 0.414 e. The first-order valence-corrected chi connectivity index (χ1v) is 8.36. The number of fused-ring (bicyclic) bond motifs is 1. The molecule has 25 heavy (non-hydrogen) atoms. The molecule has 0 radical (unpaired) electrons. The van der Waals surface area contributed by atoms with Crippen LogP contribution in [0.4, 0.5) is 4.79 Å². The second-order valence-electron chi connectivity index (χ2n) is 5.77. The van der Waals surface area contributed by atoms with Crippen molar-refractivity contribution in [1.82, 2.24) is 15.5 Å². The minimum atomic E-state index is -0.678. The van der Waals surface area contributed by atoms with Crippen LogP contribution >= 0.6 is 23.2 Å². The van der Waals surface area contributed by atoms with Gasteiger partial charge in [-0.25, -0.2) is 4.79 Å². The Balaban J connectivity index is 1.66. The molecule has 3 N–H and O–H groups in total. The Morgan fingerprint density at radius 1 is 1.40 bits per heavy atom. The number of allylic oxidation sites excluding steroid dienone is 2. The third-order valence-corrected chi connectivity index (χ3v) is 4.28. The van der Waals surface area contributed by atoms with Crippen molar-refractivity contribution < 1.29 is 14.6 Å². The molecule has 3 rings (SSSR count). The quantitative estimate of drug-likeness (QED) is 0.748. The normalized spacial score (nSPS) is 19.1. The number of nitrogens with one attached hydrogen (secondary N) is 2. The molecular formula is C17H17Cl2N3O3. The lowest BCUT2D eigenvalue weighted by Crippen LogP contribution is -2.43. The molecule has 1 unspecified atom stereocenters. The molecule has 0 bridgehead atoms. The Morgan fingerprint density at radius 2 is 2.12 bits per heavy atom. The SMILES string of the molecule is CN1CC2=CC=CNC2C(O)=C1OC(=O)NCc1cc(Cl)cc(Cl)c1. The number of benzene rings is 1. The van der Waals surface area contributed by atoms with Crippen LogP contribution in [-0.4, -0.2) is 35.7 Å². The van der Waals surface area contributed by atoms with Gasteiger partial charge in [0.2, 0.25) is 5.88 Å². The molecule has 1 amide bonds. The first kappa shape index (κ1) is 17.5. The van der Waals surface area contributed by atoms with E-state index in [2.05, 4.69) is 10.6 Å². The van der Waals surface area contributed by atoms with Gasteiger partial charge in [0.1, 0.15) is 6.04 Å². The molecule has 0 aromatic heterocycles. The molecule has 8 heteroatoms. The van der Waals surface area contributed by atoms with Gasteiger partial charge in [0.05, 0.1) is 0 Å². The van der Waals surface area contributed by atoms with E-state index in [4.69, 9.17) is 27.9 Å². The van der Waals surface area contributed by atoms with E-state index in [9.17, 15) is 9.90 Å². The molecule has 2 heterocycles. The number of alkyl carbamates (subject to hydrolysis) is 1. The number of carbonyl (C=O) groups is 1. The van der Waals surface area contributed by atoms with E-state index < -0.39 is 6.09 Å². The minimum Gasteiger partial charge on any atom is -0.505 e. The maximum absolute atomic E-state index is 12.1. The zero-order valence-electron chi connectivity index (χ0n) is 13.4. The number of ether oxygens (including phenoxy) is 1. The average Bonchev–Trinajstić information content (AvgIpc) is 2.56. The fourth-order valence-corrected chi connectivity index (χ4v) is 3.30. The number of carbonyl (C=O) groups excluding carboxylic acids is 1. The fraction of sp³-hybridized carbons (Fsp3) is 0.235. The van der Waals surface area contributed by atoms with Crippen molar-refractivity contribution in [3.8, 4) is 0 Å². The van der Waals surface area contributed by atoms with E-state index in [0.717, 1.165) is 11.1 Å². The third kappa shape index (κ3) is 4.03. The van der Waals surface area contributed by atoms with Crippen molar-refractivity contribution in [2.75, 3.05) is 13.6 Å². The summed E-state index contributed by atoms with van der Waals surface area (Å²) in [4.78, 5) is 13.8. The highest BCUT2D eigenvalue weighted by Crippen LogP contribution is 2.26. The van der Waals surface area contributed by atoms with Gasteiger partial charge in [0.15, 0.2) is 5.76 Å². The minimum absolute atomic E-state index is 0.0368. The van der Waals surface area contributed by atoms with Crippen LogP contribution in [0.15, 0.2) is 53.8 Å². The van der Waals surface area contributed by atoms with Gasteiger partial charge in [-0.15, -0.1) is 0 Å². The Hall–Kier alpha value is -2.31. The van der Waals surface area contributed by atoms with E-state index in [0.29, 0.717) is 16.6 Å². The molecule has 0 spiro atoms. The van der Waals surface area contributed by atoms with Gasteiger partial charge >= 0.3 is 6.09 Å². The number of amides is 1. The van der Waals surface area contributed by atoms with Crippen LogP contribution in [0.3, 0.4) is 0 Å². The number of dihydropyridines is 1. The summed E-state index contributed by atoms with van der Waals surface area (Å²) < 4.78 is 5.30. The second-order valence-corrected chi connectivity index (χ2v) is 6.64. The Kier molecular flexibility index (Phi) is 5.11. The first-order valence-electron chi connectivity index (χ1n) is 7.60. The average molecular weight is 382 g/mol. The van der Waals surface area contributed by atoms with Crippen LogP contribution in [0.1, 0.15) is 5.56 Å². The van der Waals surface area contributed by atoms with Gasteiger partial charge in [-0.05, 0) is 41.6 Å². The number of halogens is 2.